The fourth-order valence-electron chi connectivity index (χ4n) is 2.19. The van der Waals surface area contributed by atoms with Crippen LogP contribution in [-0.4, -0.2) is 95.4 Å². The molecule has 0 radical (unpaired) electrons. The molecule has 0 fully saturated rings. The monoisotopic (exact) mass is 495 g/mol. The van der Waals surface area contributed by atoms with Crippen molar-refractivity contribution >= 4 is 51.6 Å². The first kappa shape index (κ1) is 28.5. The first-order valence-electron chi connectivity index (χ1n) is 8.01. The first-order chi connectivity index (χ1) is 13.6. The van der Waals surface area contributed by atoms with E-state index in [1.807, 2.05) is 5.32 Å². The van der Waals surface area contributed by atoms with Crippen LogP contribution in [0.4, 0.5) is 0 Å². The van der Waals surface area contributed by atoms with Gasteiger partial charge in [-0.25, -0.2) is 0 Å². The normalized spacial score (nSPS) is 14.1. The largest absolute Gasteiger partial charge is 0.480 e. The third-order valence-corrected chi connectivity index (χ3v) is 5.18. The van der Waals surface area contributed by atoms with E-state index in [0.29, 0.717) is 4.90 Å². The summed E-state index contributed by atoms with van der Waals surface area (Å²) in [6, 6.07) is -3.07. The summed E-state index contributed by atoms with van der Waals surface area (Å²) < 4.78 is 22.4. The molecule has 2 amide bonds. The van der Waals surface area contributed by atoms with Crippen LogP contribution in [0.5, 0.6) is 0 Å². The maximum Gasteiger partial charge on any atom is 0.339 e. The number of nitrogens with zero attached hydrogens (tertiary/aromatic N) is 1. The SMILES string of the molecule is O=C(O)CNC(=O)C(CS)NC(=O)CCC(C(=O)O)N(CP(=O)(O)O)CP(=O)(O)O. The lowest BCUT2D eigenvalue weighted by molar-refractivity contribution is -0.143. The Balaban J connectivity index is 5.15. The molecule has 0 spiro atoms. The van der Waals surface area contributed by atoms with Crippen molar-refractivity contribution in [2.24, 2.45) is 0 Å². The van der Waals surface area contributed by atoms with Gasteiger partial charge in [0.1, 0.15) is 31.2 Å². The molecule has 0 saturated heterocycles. The van der Waals surface area contributed by atoms with Gasteiger partial charge in [-0.1, -0.05) is 0 Å². The van der Waals surface area contributed by atoms with Gasteiger partial charge in [0.05, 0.1) is 0 Å². The van der Waals surface area contributed by atoms with E-state index >= 15 is 0 Å². The summed E-state index contributed by atoms with van der Waals surface area (Å²) in [6.07, 6.45) is -3.73. The fraction of sp³-hybridized carbons (Fsp3) is 0.667. The van der Waals surface area contributed by atoms with Gasteiger partial charge in [-0.15, -0.1) is 0 Å². The van der Waals surface area contributed by atoms with Crippen molar-refractivity contribution in [3.05, 3.63) is 0 Å². The minimum Gasteiger partial charge on any atom is -0.480 e. The molecule has 0 aliphatic carbocycles. The van der Waals surface area contributed by atoms with E-state index in [-0.39, 0.29) is 5.75 Å². The predicted molar refractivity (Wildman–Crippen MR) is 103 cm³/mol. The van der Waals surface area contributed by atoms with Crippen LogP contribution in [-0.2, 0) is 28.3 Å². The predicted octanol–water partition coefficient (Wildman–Crippen LogP) is -2.59. The van der Waals surface area contributed by atoms with Gasteiger partial charge in [-0.05, 0) is 6.42 Å². The Morgan fingerprint density at radius 3 is 1.83 bits per heavy atom. The molecular weight excluding hydrogens is 472 g/mol. The molecule has 2 unspecified atom stereocenters. The van der Waals surface area contributed by atoms with Crippen molar-refractivity contribution in [1.29, 1.82) is 0 Å². The number of rotatable bonds is 14. The molecule has 2 atom stereocenters. The van der Waals surface area contributed by atoms with Gasteiger partial charge in [0, 0.05) is 12.2 Å². The number of carboxylic acid groups (broad SMARTS) is 2. The quantitative estimate of drug-likeness (QED) is 0.0887. The van der Waals surface area contributed by atoms with Crippen LogP contribution in [0.3, 0.4) is 0 Å². The molecule has 8 N–H and O–H groups in total. The Morgan fingerprint density at radius 1 is 0.967 bits per heavy atom. The number of hydrogen-bond acceptors (Lipinski definition) is 8. The Bertz CT molecular complexity index is 714. The molecule has 18 heteroatoms. The van der Waals surface area contributed by atoms with Crippen molar-refractivity contribution in [2.45, 2.75) is 24.9 Å². The van der Waals surface area contributed by atoms with Crippen molar-refractivity contribution in [3.63, 3.8) is 0 Å². The molecule has 0 saturated carbocycles. The zero-order valence-electron chi connectivity index (χ0n) is 15.3. The lowest BCUT2D eigenvalue weighted by Crippen LogP contribution is -2.49. The number of thiol groups is 1. The van der Waals surface area contributed by atoms with Crippen LogP contribution in [0, 0.1) is 0 Å². The number of aliphatic carboxylic acids is 2. The maximum absolute atomic E-state index is 12.0. The number of carbonyl (C=O) groups is 4. The third-order valence-electron chi connectivity index (χ3n) is 3.35. The topological polar surface area (TPSA) is 251 Å². The lowest BCUT2D eigenvalue weighted by Gasteiger charge is -2.29. The zero-order valence-corrected chi connectivity index (χ0v) is 18.0. The van der Waals surface area contributed by atoms with Gasteiger partial charge in [-0.2, -0.15) is 12.6 Å². The molecule has 174 valence electrons. The average Bonchev–Trinajstić information content (AvgIpc) is 2.54. The zero-order chi connectivity index (χ0) is 23.7. The Labute approximate surface area is 175 Å². The van der Waals surface area contributed by atoms with Crippen LogP contribution in [0.15, 0.2) is 0 Å². The van der Waals surface area contributed by atoms with E-state index in [9.17, 15) is 33.4 Å². The molecule has 0 aromatic carbocycles. The number of carbonyl (C=O) groups excluding carboxylic acids is 2. The highest BCUT2D eigenvalue weighted by Crippen LogP contribution is 2.42. The Kier molecular flexibility index (Phi) is 11.7. The van der Waals surface area contributed by atoms with Crippen LogP contribution >= 0.6 is 27.8 Å². The highest BCUT2D eigenvalue weighted by atomic mass is 32.1. The number of amides is 2. The van der Waals surface area contributed by atoms with Gasteiger partial charge >= 0.3 is 27.1 Å². The van der Waals surface area contributed by atoms with Crippen LogP contribution < -0.4 is 10.6 Å². The summed E-state index contributed by atoms with van der Waals surface area (Å²) in [5.41, 5.74) is 0. The summed E-state index contributed by atoms with van der Waals surface area (Å²) in [4.78, 5) is 82.2. The molecule has 0 aromatic rings. The van der Waals surface area contributed by atoms with Crippen molar-refractivity contribution < 1.29 is 58.1 Å². The van der Waals surface area contributed by atoms with Crippen LogP contribution in [0.2, 0.25) is 0 Å². The second kappa shape index (κ2) is 12.4. The summed E-state index contributed by atoms with van der Waals surface area (Å²) in [6.45, 7) is -0.709. The molecule has 30 heavy (non-hydrogen) atoms. The minimum absolute atomic E-state index is 0.220. The second-order valence-corrected chi connectivity index (χ2v) is 9.60. The molecule has 15 nitrogen and oxygen atoms in total. The standard InChI is InChI=1S/C12H23N3O12P2S/c16-9(14-7(4-30)11(19)13-3-10(17)18)2-1-8(12(20)21)15(5-28(22,23)24)6-29(25,26)27/h7-8,30H,1-6H2,(H,13,19)(H,14,16)(H,17,18)(H,20,21)(H2,22,23,24)(H2,25,26,27). The highest BCUT2D eigenvalue weighted by Gasteiger charge is 2.35. The molecule has 0 aliphatic rings. The van der Waals surface area contributed by atoms with Gasteiger partial charge in [0.15, 0.2) is 0 Å². The third kappa shape index (κ3) is 12.9. The molecule has 0 aliphatic heterocycles. The van der Waals surface area contributed by atoms with E-state index in [2.05, 4.69) is 17.9 Å². The fourth-order valence-corrected chi connectivity index (χ4v) is 4.15. The molecule has 0 aromatic heterocycles. The molecule has 0 rings (SSSR count). The Hall–Kier alpha value is -1.51. The summed E-state index contributed by atoms with van der Waals surface area (Å²) in [5, 5.41) is 22.0. The molecule has 0 bridgehead atoms. The molecular formula is C12H23N3O12P2S. The lowest BCUT2D eigenvalue weighted by atomic mass is 10.1. The van der Waals surface area contributed by atoms with Crippen LogP contribution in [0.25, 0.3) is 0 Å². The van der Waals surface area contributed by atoms with Crippen molar-refractivity contribution in [3.8, 4) is 0 Å². The summed E-state index contributed by atoms with van der Waals surface area (Å²) in [7, 11) is -9.80. The number of carboxylic acids is 2. The average molecular weight is 495 g/mol. The van der Waals surface area contributed by atoms with E-state index in [1.54, 1.807) is 0 Å². The van der Waals surface area contributed by atoms with E-state index in [4.69, 9.17) is 24.7 Å². The van der Waals surface area contributed by atoms with E-state index in [0.717, 1.165) is 0 Å². The second-order valence-electron chi connectivity index (χ2n) is 6.01. The minimum atomic E-state index is -4.90. The Morgan fingerprint density at radius 2 is 1.47 bits per heavy atom. The van der Waals surface area contributed by atoms with Gasteiger partial charge < -0.3 is 40.4 Å². The summed E-state index contributed by atoms with van der Waals surface area (Å²) in [5.74, 6) is -4.97. The first-order valence-corrected chi connectivity index (χ1v) is 12.2. The highest BCUT2D eigenvalue weighted by molar-refractivity contribution is 7.80. The van der Waals surface area contributed by atoms with Gasteiger partial charge in [-0.3, -0.25) is 33.2 Å². The van der Waals surface area contributed by atoms with Crippen LogP contribution in [0.1, 0.15) is 12.8 Å². The van der Waals surface area contributed by atoms with Gasteiger partial charge in [0.25, 0.3) is 0 Å². The van der Waals surface area contributed by atoms with Gasteiger partial charge in [0.2, 0.25) is 11.8 Å². The van der Waals surface area contributed by atoms with Crippen molar-refractivity contribution in [1.82, 2.24) is 15.5 Å². The number of hydrogen-bond donors (Lipinski definition) is 9. The summed E-state index contributed by atoms with van der Waals surface area (Å²) >= 11 is 3.84. The van der Waals surface area contributed by atoms with E-state index < -0.39 is 83.0 Å². The van der Waals surface area contributed by atoms with E-state index in [1.165, 1.54) is 0 Å². The van der Waals surface area contributed by atoms with Crippen molar-refractivity contribution in [2.75, 3.05) is 24.9 Å². The maximum atomic E-state index is 12.0. The smallest absolute Gasteiger partial charge is 0.339 e. The number of nitrogens with one attached hydrogen (secondary N) is 2. The molecule has 0 heterocycles.